The van der Waals surface area contributed by atoms with Crippen LogP contribution in [0, 0.1) is 5.92 Å². The smallest absolute Gasteiger partial charge is 0.328 e. The summed E-state index contributed by atoms with van der Waals surface area (Å²) in [5.74, 6) is -3.20. The lowest BCUT2D eigenvalue weighted by Gasteiger charge is -2.19. The molecule has 0 aliphatic heterocycles. The fourth-order valence-electron chi connectivity index (χ4n) is 1.92. The topological polar surface area (TPSA) is 174 Å². The number of aromatic nitrogens is 2. The highest BCUT2D eigenvalue weighted by molar-refractivity contribution is 5.92. The molecule has 11 nitrogen and oxygen atoms in total. The Hall–Kier alpha value is -3.11. The Morgan fingerprint density at radius 3 is 2.20 bits per heavy atom. The third-order valence-electron chi connectivity index (χ3n) is 3.11. The largest absolute Gasteiger partial charge is 0.480 e. The van der Waals surface area contributed by atoms with E-state index in [1.54, 1.807) is 13.8 Å². The molecule has 3 amide bonds. The number of carbonyl (C=O) groups is 4. The van der Waals surface area contributed by atoms with Crippen LogP contribution in [0.15, 0.2) is 12.5 Å². The molecule has 0 fully saturated rings. The molecule has 1 rings (SSSR count). The van der Waals surface area contributed by atoms with E-state index < -0.39 is 42.5 Å². The van der Waals surface area contributed by atoms with E-state index >= 15 is 0 Å². The van der Waals surface area contributed by atoms with Crippen molar-refractivity contribution in [2.24, 2.45) is 5.92 Å². The molecule has 2 unspecified atom stereocenters. The Morgan fingerprint density at radius 2 is 1.72 bits per heavy atom. The van der Waals surface area contributed by atoms with Crippen molar-refractivity contribution >= 4 is 23.9 Å². The summed E-state index contributed by atoms with van der Waals surface area (Å²) in [6.45, 7) is 3.19. The molecule has 2 atom stereocenters. The van der Waals surface area contributed by atoms with Gasteiger partial charge >= 0.3 is 18.0 Å². The van der Waals surface area contributed by atoms with Crippen molar-refractivity contribution in [1.29, 1.82) is 0 Å². The van der Waals surface area contributed by atoms with Gasteiger partial charge in [0.2, 0.25) is 0 Å². The number of hydrogen-bond acceptors (Lipinski definition) is 5. The second-order valence-corrected chi connectivity index (χ2v) is 5.69. The van der Waals surface area contributed by atoms with Crippen LogP contribution in [0.5, 0.6) is 0 Å². The number of aromatic amines is 1. The van der Waals surface area contributed by atoms with Crippen LogP contribution in [0.2, 0.25) is 0 Å². The van der Waals surface area contributed by atoms with Crippen LogP contribution >= 0.6 is 0 Å². The fourth-order valence-corrected chi connectivity index (χ4v) is 1.92. The van der Waals surface area contributed by atoms with Gasteiger partial charge in [-0.15, -0.1) is 0 Å². The summed E-state index contributed by atoms with van der Waals surface area (Å²) in [4.78, 5) is 52.2. The Balaban J connectivity index is 2.58. The number of carboxylic acids is 2. The monoisotopic (exact) mass is 355 g/mol. The van der Waals surface area contributed by atoms with Crippen molar-refractivity contribution < 1.29 is 29.4 Å². The highest BCUT2D eigenvalue weighted by Crippen LogP contribution is 2.04. The van der Waals surface area contributed by atoms with Gasteiger partial charge in [-0.05, 0) is 12.3 Å². The van der Waals surface area contributed by atoms with Crippen molar-refractivity contribution in [2.75, 3.05) is 6.54 Å². The van der Waals surface area contributed by atoms with Crippen LogP contribution in [0.25, 0.3) is 0 Å². The van der Waals surface area contributed by atoms with Gasteiger partial charge in [-0.1, -0.05) is 13.8 Å². The number of aliphatic carboxylic acids is 2. The van der Waals surface area contributed by atoms with E-state index in [1.165, 1.54) is 12.5 Å². The summed E-state index contributed by atoms with van der Waals surface area (Å²) in [6, 6.07) is -3.53. The third-order valence-corrected chi connectivity index (χ3v) is 3.11. The second kappa shape index (κ2) is 9.25. The van der Waals surface area contributed by atoms with E-state index in [-0.39, 0.29) is 18.0 Å². The molecule has 138 valence electrons. The van der Waals surface area contributed by atoms with Crippen LogP contribution in [-0.2, 0) is 9.59 Å². The molecule has 0 radical (unpaired) electrons. The molecule has 25 heavy (non-hydrogen) atoms. The van der Waals surface area contributed by atoms with Gasteiger partial charge in [0.25, 0.3) is 5.91 Å². The number of imidazole rings is 1. The first-order valence-electron chi connectivity index (χ1n) is 7.50. The third kappa shape index (κ3) is 6.89. The zero-order chi connectivity index (χ0) is 19.0. The summed E-state index contributed by atoms with van der Waals surface area (Å²) >= 11 is 0. The molecule has 0 bridgehead atoms. The van der Waals surface area contributed by atoms with Crippen LogP contribution in [0.3, 0.4) is 0 Å². The predicted molar refractivity (Wildman–Crippen MR) is 84.9 cm³/mol. The summed E-state index contributed by atoms with van der Waals surface area (Å²) in [5.41, 5.74) is 0.0662. The number of nitrogens with one attached hydrogen (secondary N) is 4. The minimum Gasteiger partial charge on any atom is -0.480 e. The SMILES string of the molecule is CC(C)CC(NC(=O)NC(CNC(=O)c1c[nH]cn1)C(=O)O)C(=O)O. The number of hydrogen-bond donors (Lipinski definition) is 6. The summed E-state index contributed by atoms with van der Waals surface area (Å²) in [5, 5.41) is 24.8. The predicted octanol–water partition coefficient (Wildman–Crippen LogP) is -0.609. The van der Waals surface area contributed by atoms with Gasteiger partial charge in [-0.2, -0.15) is 0 Å². The maximum atomic E-state index is 11.8. The van der Waals surface area contributed by atoms with Crippen molar-refractivity contribution in [3.63, 3.8) is 0 Å². The molecule has 0 spiro atoms. The van der Waals surface area contributed by atoms with Crippen LogP contribution in [0.4, 0.5) is 4.79 Å². The molecular formula is C14H21N5O6. The van der Waals surface area contributed by atoms with Gasteiger partial charge in [0.05, 0.1) is 6.33 Å². The van der Waals surface area contributed by atoms with Gasteiger partial charge in [0.1, 0.15) is 17.8 Å². The van der Waals surface area contributed by atoms with E-state index in [9.17, 15) is 19.2 Å². The number of amides is 3. The van der Waals surface area contributed by atoms with Crippen LogP contribution < -0.4 is 16.0 Å². The maximum absolute atomic E-state index is 11.8. The standard InChI is InChI=1S/C14H21N5O6/c1-7(2)3-8(12(21)22)18-14(25)19-10(13(23)24)5-16-11(20)9-4-15-6-17-9/h4,6-8,10H,3,5H2,1-2H3,(H,15,17)(H,16,20)(H,21,22)(H,23,24)(H2,18,19,25). The summed E-state index contributed by atoms with van der Waals surface area (Å²) in [7, 11) is 0. The van der Waals surface area contributed by atoms with Crippen molar-refractivity contribution in [3.8, 4) is 0 Å². The number of nitrogens with zero attached hydrogens (tertiary/aromatic N) is 1. The second-order valence-electron chi connectivity index (χ2n) is 5.69. The number of carboxylic acid groups (broad SMARTS) is 2. The van der Waals surface area contributed by atoms with E-state index in [2.05, 4.69) is 25.9 Å². The van der Waals surface area contributed by atoms with Gasteiger partial charge in [0.15, 0.2) is 0 Å². The van der Waals surface area contributed by atoms with E-state index in [0.29, 0.717) is 0 Å². The lowest BCUT2D eigenvalue weighted by molar-refractivity contribution is -0.139. The first-order valence-corrected chi connectivity index (χ1v) is 7.50. The number of rotatable bonds is 9. The normalized spacial score (nSPS) is 12.9. The summed E-state index contributed by atoms with van der Waals surface area (Å²) < 4.78 is 0. The van der Waals surface area contributed by atoms with Gasteiger partial charge in [-0.3, -0.25) is 4.79 Å². The quantitative estimate of drug-likeness (QED) is 0.342. The Kier molecular flexibility index (Phi) is 7.38. The molecule has 0 aliphatic rings. The molecule has 11 heteroatoms. The lowest BCUT2D eigenvalue weighted by atomic mass is 10.0. The Bertz CT molecular complexity index is 615. The van der Waals surface area contributed by atoms with E-state index in [4.69, 9.17) is 10.2 Å². The Labute approximate surface area is 143 Å². The molecule has 0 aliphatic carbocycles. The molecule has 0 aromatic carbocycles. The van der Waals surface area contributed by atoms with Crippen molar-refractivity contribution in [2.45, 2.75) is 32.4 Å². The zero-order valence-electron chi connectivity index (χ0n) is 13.8. The summed E-state index contributed by atoms with van der Waals surface area (Å²) in [6.07, 6.45) is 2.81. The first-order chi connectivity index (χ1) is 11.7. The highest BCUT2D eigenvalue weighted by atomic mass is 16.4. The van der Waals surface area contributed by atoms with Crippen LogP contribution in [0.1, 0.15) is 30.8 Å². The minimum absolute atomic E-state index is 0.0183. The van der Waals surface area contributed by atoms with Gasteiger partial charge in [-0.25, -0.2) is 19.4 Å². The average molecular weight is 355 g/mol. The number of H-pyrrole nitrogens is 1. The van der Waals surface area contributed by atoms with Crippen LogP contribution in [-0.4, -0.2) is 62.7 Å². The maximum Gasteiger partial charge on any atom is 0.328 e. The van der Waals surface area contributed by atoms with E-state index in [1.807, 2.05) is 0 Å². The highest BCUT2D eigenvalue weighted by Gasteiger charge is 2.25. The van der Waals surface area contributed by atoms with Crippen molar-refractivity contribution in [3.05, 3.63) is 18.2 Å². The molecule has 1 aromatic heterocycles. The van der Waals surface area contributed by atoms with Gasteiger partial charge in [0, 0.05) is 12.7 Å². The van der Waals surface area contributed by atoms with E-state index in [0.717, 1.165) is 0 Å². The fraction of sp³-hybridized carbons (Fsp3) is 0.500. The van der Waals surface area contributed by atoms with Gasteiger partial charge < -0.3 is 31.1 Å². The number of carbonyl (C=O) groups excluding carboxylic acids is 2. The zero-order valence-corrected chi connectivity index (χ0v) is 13.8. The Morgan fingerprint density at radius 1 is 1.12 bits per heavy atom. The molecule has 6 N–H and O–H groups in total. The molecular weight excluding hydrogens is 334 g/mol. The first kappa shape index (κ1) is 19.9. The number of urea groups is 1. The van der Waals surface area contributed by atoms with Crippen molar-refractivity contribution in [1.82, 2.24) is 25.9 Å². The molecule has 1 heterocycles. The molecule has 1 aromatic rings. The average Bonchev–Trinajstić information content (AvgIpc) is 3.04. The molecule has 0 saturated carbocycles. The molecule has 0 saturated heterocycles. The lowest BCUT2D eigenvalue weighted by Crippen LogP contribution is -2.54. The minimum atomic E-state index is -1.43.